The van der Waals surface area contributed by atoms with Gasteiger partial charge >= 0.3 is 0 Å². The molecule has 0 radical (unpaired) electrons. The minimum atomic E-state index is -2.62. The van der Waals surface area contributed by atoms with Crippen molar-refractivity contribution in [3.63, 3.8) is 0 Å². The number of pyridine rings is 1. The number of anilines is 1. The van der Waals surface area contributed by atoms with Gasteiger partial charge in [0.15, 0.2) is 0 Å². The van der Waals surface area contributed by atoms with Crippen molar-refractivity contribution in [3.05, 3.63) is 60.6 Å². The molecular formula is C15H12F2N4. The molecule has 0 aliphatic heterocycles. The molecule has 1 aromatic carbocycles. The molecule has 0 saturated carbocycles. The lowest BCUT2D eigenvalue weighted by molar-refractivity contribution is 0.143. The van der Waals surface area contributed by atoms with Gasteiger partial charge in [0.1, 0.15) is 5.69 Å². The average Bonchev–Trinajstić information content (AvgIpc) is 2.94. The quantitative estimate of drug-likeness (QED) is 0.750. The van der Waals surface area contributed by atoms with Gasteiger partial charge in [-0.1, -0.05) is 0 Å². The van der Waals surface area contributed by atoms with Crippen molar-refractivity contribution in [2.45, 2.75) is 6.43 Å². The zero-order valence-corrected chi connectivity index (χ0v) is 10.9. The van der Waals surface area contributed by atoms with Gasteiger partial charge in [0, 0.05) is 23.6 Å². The third kappa shape index (κ3) is 2.60. The number of nitrogens with zero attached hydrogens (tertiary/aromatic N) is 3. The number of nitrogen functional groups attached to an aromatic ring is 1. The summed E-state index contributed by atoms with van der Waals surface area (Å²) in [5.41, 5.74) is 7.69. The minimum Gasteiger partial charge on any atom is -0.399 e. The first-order valence-electron chi connectivity index (χ1n) is 6.29. The van der Waals surface area contributed by atoms with E-state index in [1.165, 1.54) is 10.7 Å². The highest BCUT2D eigenvalue weighted by molar-refractivity contribution is 5.59. The second-order valence-electron chi connectivity index (χ2n) is 4.50. The molecule has 6 heteroatoms. The number of nitrogens with two attached hydrogens (primary N) is 1. The lowest BCUT2D eigenvalue weighted by atomic mass is 10.2. The number of hydrogen-bond donors (Lipinski definition) is 1. The van der Waals surface area contributed by atoms with Crippen molar-refractivity contribution < 1.29 is 8.78 Å². The largest absolute Gasteiger partial charge is 0.399 e. The molecule has 0 aliphatic rings. The van der Waals surface area contributed by atoms with Gasteiger partial charge in [0.2, 0.25) is 0 Å². The summed E-state index contributed by atoms with van der Waals surface area (Å²) in [4.78, 5) is 3.98. The predicted octanol–water partition coefficient (Wildman–Crippen LogP) is 3.45. The average molecular weight is 286 g/mol. The monoisotopic (exact) mass is 286 g/mol. The van der Waals surface area contributed by atoms with Crippen molar-refractivity contribution >= 4 is 5.69 Å². The van der Waals surface area contributed by atoms with Gasteiger partial charge in [-0.3, -0.25) is 4.98 Å². The number of halogens is 2. The third-order valence-corrected chi connectivity index (χ3v) is 3.06. The van der Waals surface area contributed by atoms with E-state index in [2.05, 4.69) is 10.1 Å². The standard InChI is InChI=1S/C15H12F2N4/c16-15(17)14-8-13(10-2-1-7-19-9-10)20-21(14)12-5-3-11(18)4-6-12/h1-9,15H,18H2. The van der Waals surface area contributed by atoms with Crippen molar-refractivity contribution in [2.24, 2.45) is 0 Å². The molecule has 2 N–H and O–H groups in total. The molecule has 0 unspecified atom stereocenters. The molecule has 0 atom stereocenters. The maximum Gasteiger partial charge on any atom is 0.280 e. The van der Waals surface area contributed by atoms with Crippen LogP contribution in [0.4, 0.5) is 14.5 Å². The number of benzene rings is 1. The number of aromatic nitrogens is 3. The van der Waals surface area contributed by atoms with Gasteiger partial charge < -0.3 is 5.73 Å². The van der Waals surface area contributed by atoms with Crippen LogP contribution in [0.25, 0.3) is 16.9 Å². The molecule has 0 saturated heterocycles. The van der Waals surface area contributed by atoms with Crippen LogP contribution in [0.3, 0.4) is 0 Å². The molecule has 106 valence electrons. The van der Waals surface area contributed by atoms with Crippen LogP contribution >= 0.6 is 0 Å². The van der Waals surface area contributed by atoms with Crippen molar-refractivity contribution in [1.29, 1.82) is 0 Å². The van der Waals surface area contributed by atoms with Crippen LogP contribution < -0.4 is 5.73 Å². The molecule has 3 aromatic rings. The first-order valence-corrected chi connectivity index (χ1v) is 6.29. The molecule has 21 heavy (non-hydrogen) atoms. The summed E-state index contributed by atoms with van der Waals surface area (Å²) in [6.45, 7) is 0. The second kappa shape index (κ2) is 5.32. The highest BCUT2D eigenvalue weighted by atomic mass is 19.3. The van der Waals surface area contributed by atoms with E-state index in [-0.39, 0.29) is 5.69 Å². The summed E-state index contributed by atoms with van der Waals surface area (Å²) < 4.78 is 27.7. The topological polar surface area (TPSA) is 56.7 Å². The Labute approximate surface area is 119 Å². The number of hydrogen-bond acceptors (Lipinski definition) is 3. The Hall–Kier alpha value is -2.76. The van der Waals surface area contributed by atoms with Crippen molar-refractivity contribution in [1.82, 2.24) is 14.8 Å². The fraction of sp³-hybridized carbons (Fsp3) is 0.0667. The number of rotatable bonds is 3. The van der Waals surface area contributed by atoms with Gasteiger partial charge in [-0.05, 0) is 42.5 Å². The summed E-state index contributed by atoms with van der Waals surface area (Å²) >= 11 is 0. The van der Waals surface area contributed by atoms with E-state index in [1.807, 2.05) is 0 Å². The lowest BCUT2D eigenvalue weighted by Crippen LogP contribution is -2.02. The van der Waals surface area contributed by atoms with Gasteiger partial charge in [-0.25, -0.2) is 13.5 Å². The van der Waals surface area contributed by atoms with Gasteiger partial charge in [0.25, 0.3) is 6.43 Å². The summed E-state index contributed by atoms with van der Waals surface area (Å²) in [5, 5.41) is 4.26. The van der Waals surface area contributed by atoms with Crippen LogP contribution in [0.15, 0.2) is 54.9 Å². The van der Waals surface area contributed by atoms with E-state index >= 15 is 0 Å². The molecule has 0 aliphatic carbocycles. The Morgan fingerprint density at radius 1 is 1.10 bits per heavy atom. The SMILES string of the molecule is Nc1ccc(-n2nc(-c3cccnc3)cc2C(F)F)cc1. The maximum atomic E-state index is 13.2. The van der Waals surface area contributed by atoms with E-state index in [0.717, 1.165) is 0 Å². The van der Waals surface area contributed by atoms with Gasteiger partial charge in [-0.15, -0.1) is 0 Å². The first-order chi connectivity index (χ1) is 10.1. The molecule has 0 fully saturated rings. The Bertz CT molecular complexity index is 736. The zero-order valence-electron chi connectivity index (χ0n) is 10.9. The fourth-order valence-electron chi connectivity index (χ4n) is 2.03. The highest BCUT2D eigenvalue weighted by Gasteiger charge is 2.18. The molecule has 3 rings (SSSR count). The van der Waals surface area contributed by atoms with Crippen LogP contribution in [0, 0.1) is 0 Å². The minimum absolute atomic E-state index is 0.168. The Balaban J connectivity index is 2.11. The van der Waals surface area contributed by atoms with Gasteiger partial charge in [0.05, 0.1) is 11.4 Å². The normalized spacial score (nSPS) is 11.0. The lowest BCUT2D eigenvalue weighted by Gasteiger charge is -2.06. The van der Waals surface area contributed by atoms with E-state index in [4.69, 9.17) is 5.73 Å². The Morgan fingerprint density at radius 3 is 2.48 bits per heavy atom. The Morgan fingerprint density at radius 2 is 1.86 bits per heavy atom. The second-order valence-corrected chi connectivity index (χ2v) is 4.50. The highest BCUT2D eigenvalue weighted by Crippen LogP contribution is 2.27. The Kier molecular flexibility index (Phi) is 3.35. The summed E-state index contributed by atoms with van der Waals surface area (Å²) in [5.74, 6) is 0. The van der Waals surface area contributed by atoms with Crippen LogP contribution in [0.2, 0.25) is 0 Å². The smallest absolute Gasteiger partial charge is 0.280 e. The molecular weight excluding hydrogens is 274 g/mol. The van der Waals surface area contributed by atoms with E-state index < -0.39 is 6.43 Å². The van der Waals surface area contributed by atoms with Crippen molar-refractivity contribution in [3.8, 4) is 16.9 Å². The predicted molar refractivity (Wildman–Crippen MR) is 76.2 cm³/mol. The van der Waals surface area contributed by atoms with E-state index in [9.17, 15) is 8.78 Å². The molecule has 4 nitrogen and oxygen atoms in total. The summed E-state index contributed by atoms with van der Waals surface area (Å²) in [7, 11) is 0. The fourth-order valence-corrected chi connectivity index (χ4v) is 2.03. The van der Waals surface area contributed by atoms with Crippen LogP contribution in [0.1, 0.15) is 12.1 Å². The molecule has 0 amide bonds. The maximum absolute atomic E-state index is 13.2. The van der Waals surface area contributed by atoms with Gasteiger partial charge in [-0.2, -0.15) is 5.10 Å². The number of alkyl halides is 2. The molecule has 0 spiro atoms. The third-order valence-electron chi connectivity index (χ3n) is 3.06. The summed E-state index contributed by atoms with van der Waals surface area (Å²) in [6.07, 6.45) is 0.583. The van der Waals surface area contributed by atoms with Crippen LogP contribution in [0.5, 0.6) is 0 Å². The molecule has 2 aromatic heterocycles. The van der Waals surface area contributed by atoms with E-state index in [0.29, 0.717) is 22.6 Å². The van der Waals surface area contributed by atoms with Crippen LogP contribution in [-0.4, -0.2) is 14.8 Å². The van der Waals surface area contributed by atoms with E-state index in [1.54, 1.807) is 48.8 Å². The first kappa shape index (κ1) is 13.2. The zero-order chi connectivity index (χ0) is 14.8. The van der Waals surface area contributed by atoms with Crippen molar-refractivity contribution in [2.75, 3.05) is 5.73 Å². The molecule has 2 heterocycles. The summed E-state index contributed by atoms with van der Waals surface area (Å²) in [6, 6.07) is 11.5. The molecule has 0 bridgehead atoms. The van der Waals surface area contributed by atoms with Crippen LogP contribution in [-0.2, 0) is 0 Å².